The van der Waals surface area contributed by atoms with E-state index < -0.39 is 0 Å². The molecule has 2 heteroatoms. The normalized spacial score (nSPS) is 31.6. The van der Waals surface area contributed by atoms with E-state index in [1.54, 1.807) is 11.1 Å². The molecular formula is C22H30O2. The summed E-state index contributed by atoms with van der Waals surface area (Å²) in [6, 6.07) is 5.95. The molecule has 1 aromatic carbocycles. The molecule has 3 aliphatic carbocycles. The molecule has 0 aliphatic heterocycles. The standard InChI is InChI=1S/C22H30O2/c1-2-3-4-10-22-11-9-19-18-8-6-16(23)12-15(18)5-7-20(19)21(22)13-17(24)14-22/h6,8,12,17,19,23-24H,2-5,7,9-11,13-14H2,1H3. The van der Waals surface area contributed by atoms with Gasteiger partial charge in [0.25, 0.3) is 0 Å². The lowest BCUT2D eigenvalue weighted by atomic mass is 9.61. The molecule has 1 fully saturated rings. The average molecular weight is 326 g/mol. The molecular weight excluding hydrogens is 296 g/mol. The van der Waals surface area contributed by atoms with Crippen LogP contribution in [0.2, 0.25) is 0 Å². The third-order valence-corrected chi connectivity index (χ3v) is 6.85. The van der Waals surface area contributed by atoms with Gasteiger partial charge >= 0.3 is 0 Å². The topological polar surface area (TPSA) is 40.5 Å². The van der Waals surface area contributed by atoms with E-state index in [4.69, 9.17) is 0 Å². The fourth-order valence-electron chi connectivity index (χ4n) is 5.81. The van der Waals surface area contributed by atoms with Crippen LogP contribution in [0.4, 0.5) is 0 Å². The summed E-state index contributed by atoms with van der Waals surface area (Å²) in [6.07, 6.45) is 11.5. The summed E-state index contributed by atoms with van der Waals surface area (Å²) in [7, 11) is 0. The summed E-state index contributed by atoms with van der Waals surface area (Å²) in [5.41, 5.74) is 6.34. The second kappa shape index (κ2) is 6.22. The predicted molar refractivity (Wildman–Crippen MR) is 97.2 cm³/mol. The molecule has 0 heterocycles. The van der Waals surface area contributed by atoms with E-state index in [9.17, 15) is 10.2 Å². The Kier molecular flexibility index (Phi) is 4.20. The minimum Gasteiger partial charge on any atom is -0.508 e. The lowest BCUT2D eigenvalue weighted by molar-refractivity contribution is 0.147. The Morgan fingerprint density at radius 2 is 2.08 bits per heavy atom. The zero-order valence-corrected chi connectivity index (χ0v) is 14.9. The van der Waals surface area contributed by atoms with Gasteiger partial charge in [0.1, 0.15) is 5.75 Å². The maximum Gasteiger partial charge on any atom is 0.115 e. The Bertz CT molecular complexity index is 660. The average Bonchev–Trinajstić information content (AvgIpc) is 2.91. The highest BCUT2D eigenvalue weighted by Crippen LogP contribution is 2.59. The van der Waals surface area contributed by atoms with Gasteiger partial charge in [-0.05, 0) is 73.6 Å². The predicted octanol–water partition coefficient (Wildman–Crippen LogP) is 5.23. The molecule has 2 N–H and O–H groups in total. The number of phenols is 1. The molecule has 2 nitrogen and oxygen atoms in total. The number of benzene rings is 1. The quantitative estimate of drug-likeness (QED) is 0.587. The van der Waals surface area contributed by atoms with Crippen LogP contribution >= 0.6 is 0 Å². The van der Waals surface area contributed by atoms with E-state index in [-0.39, 0.29) is 6.10 Å². The van der Waals surface area contributed by atoms with Gasteiger partial charge < -0.3 is 10.2 Å². The summed E-state index contributed by atoms with van der Waals surface area (Å²) in [5.74, 6) is 0.930. The molecule has 130 valence electrons. The van der Waals surface area contributed by atoms with Gasteiger partial charge in [-0.25, -0.2) is 0 Å². The summed E-state index contributed by atoms with van der Waals surface area (Å²) in [6.45, 7) is 2.27. The van der Waals surface area contributed by atoms with Gasteiger partial charge in [-0.2, -0.15) is 0 Å². The first-order chi connectivity index (χ1) is 11.6. The second-order valence-electron chi connectivity index (χ2n) is 8.28. The summed E-state index contributed by atoms with van der Waals surface area (Å²) >= 11 is 0. The largest absolute Gasteiger partial charge is 0.508 e. The Morgan fingerprint density at radius 3 is 2.92 bits per heavy atom. The second-order valence-corrected chi connectivity index (χ2v) is 8.28. The highest BCUT2D eigenvalue weighted by molar-refractivity contribution is 5.48. The first-order valence-corrected chi connectivity index (χ1v) is 9.85. The van der Waals surface area contributed by atoms with E-state index in [0.717, 1.165) is 25.7 Å². The van der Waals surface area contributed by atoms with E-state index in [1.165, 1.54) is 49.7 Å². The van der Waals surface area contributed by atoms with Crippen LogP contribution in [0.25, 0.3) is 0 Å². The first-order valence-electron chi connectivity index (χ1n) is 9.85. The molecule has 0 saturated heterocycles. The number of aliphatic hydroxyl groups excluding tert-OH is 1. The summed E-state index contributed by atoms with van der Waals surface area (Å²) in [4.78, 5) is 0. The van der Waals surface area contributed by atoms with Crippen molar-refractivity contribution in [3.63, 3.8) is 0 Å². The maximum atomic E-state index is 10.4. The van der Waals surface area contributed by atoms with E-state index in [2.05, 4.69) is 13.0 Å². The first kappa shape index (κ1) is 16.2. The van der Waals surface area contributed by atoms with Crippen molar-refractivity contribution in [2.24, 2.45) is 5.41 Å². The van der Waals surface area contributed by atoms with Crippen LogP contribution in [0.5, 0.6) is 5.75 Å². The molecule has 1 saturated carbocycles. The van der Waals surface area contributed by atoms with Crippen molar-refractivity contribution in [3.8, 4) is 5.75 Å². The number of aliphatic hydroxyl groups is 1. The van der Waals surface area contributed by atoms with Gasteiger partial charge in [-0.1, -0.05) is 43.4 Å². The molecule has 3 aliphatic rings. The van der Waals surface area contributed by atoms with Gasteiger partial charge in [-0.3, -0.25) is 0 Å². The third kappa shape index (κ3) is 2.60. The van der Waals surface area contributed by atoms with Crippen molar-refractivity contribution in [2.45, 2.75) is 83.2 Å². The minimum absolute atomic E-state index is 0.130. The van der Waals surface area contributed by atoms with Gasteiger partial charge in [-0.15, -0.1) is 0 Å². The number of aromatic hydroxyl groups is 1. The van der Waals surface area contributed by atoms with Crippen molar-refractivity contribution in [2.75, 3.05) is 0 Å². The molecule has 0 radical (unpaired) electrons. The molecule has 24 heavy (non-hydrogen) atoms. The number of rotatable bonds is 4. The maximum absolute atomic E-state index is 10.4. The third-order valence-electron chi connectivity index (χ3n) is 6.85. The number of aryl methyl sites for hydroxylation is 1. The molecule has 0 bridgehead atoms. The number of hydrogen-bond acceptors (Lipinski definition) is 2. The molecule has 0 spiro atoms. The lowest BCUT2D eigenvalue weighted by Crippen LogP contribution is -2.29. The van der Waals surface area contributed by atoms with Crippen LogP contribution in [-0.4, -0.2) is 16.3 Å². The zero-order valence-electron chi connectivity index (χ0n) is 14.9. The van der Waals surface area contributed by atoms with Crippen molar-refractivity contribution >= 4 is 0 Å². The fourth-order valence-corrected chi connectivity index (χ4v) is 5.81. The highest BCUT2D eigenvalue weighted by Gasteiger charge is 2.48. The van der Waals surface area contributed by atoms with Crippen molar-refractivity contribution < 1.29 is 10.2 Å². The molecule has 4 rings (SSSR count). The zero-order chi connectivity index (χ0) is 16.7. The van der Waals surface area contributed by atoms with E-state index >= 15 is 0 Å². The summed E-state index contributed by atoms with van der Waals surface area (Å²) < 4.78 is 0. The lowest BCUT2D eigenvalue weighted by Gasteiger charge is -2.43. The molecule has 1 aromatic rings. The number of allylic oxidation sites excluding steroid dienone is 1. The SMILES string of the molecule is CCCCCC12CCC3C(=C1CC(O)C2)CCc1cc(O)ccc13. The smallest absolute Gasteiger partial charge is 0.115 e. The number of unbranched alkanes of at least 4 members (excludes halogenated alkanes) is 2. The van der Waals surface area contributed by atoms with Crippen molar-refractivity contribution in [3.05, 3.63) is 40.5 Å². The van der Waals surface area contributed by atoms with E-state index in [1.807, 2.05) is 12.1 Å². The Hall–Kier alpha value is -1.28. The molecule has 0 aromatic heterocycles. The Labute approximate surface area is 145 Å². The summed E-state index contributed by atoms with van der Waals surface area (Å²) in [5, 5.41) is 20.2. The minimum atomic E-state index is -0.130. The Balaban J connectivity index is 1.70. The van der Waals surface area contributed by atoms with Crippen LogP contribution in [-0.2, 0) is 6.42 Å². The van der Waals surface area contributed by atoms with E-state index in [0.29, 0.717) is 17.1 Å². The molecule has 3 atom stereocenters. The van der Waals surface area contributed by atoms with Gasteiger partial charge in [0.2, 0.25) is 0 Å². The number of phenolic OH excluding ortho intramolecular Hbond substituents is 1. The molecule has 0 amide bonds. The van der Waals surface area contributed by atoms with Crippen LogP contribution in [0.1, 0.15) is 81.8 Å². The fraction of sp³-hybridized carbons (Fsp3) is 0.636. The van der Waals surface area contributed by atoms with Gasteiger partial charge in [0, 0.05) is 5.92 Å². The number of hydrogen-bond donors (Lipinski definition) is 2. The number of fused-ring (bicyclic) bond motifs is 4. The molecule has 3 unspecified atom stereocenters. The van der Waals surface area contributed by atoms with Crippen LogP contribution in [0.15, 0.2) is 29.3 Å². The highest BCUT2D eigenvalue weighted by atomic mass is 16.3. The monoisotopic (exact) mass is 326 g/mol. The van der Waals surface area contributed by atoms with Crippen molar-refractivity contribution in [1.29, 1.82) is 0 Å². The van der Waals surface area contributed by atoms with Crippen LogP contribution in [0.3, 0.4) is 0 Å². The Morgan fingerprint density at radius 1 is 1.21 bits per heavy atom. The van der Waals surface area contributed by atoms with Crippen LogP contribution < -0.4 is 0 Å². The van der Waals surface area contributed by atoms with Gasteiger partial charge in [0.15, 0.2) is 0 Å². The van der Waals surface area contributed by atoms with Crippen LogP contribution in [0, 0.1) is 5.41 Å². The van der Waals surface area contributed by atoms with Gasteiger partial charge in [0.05, 0.1) is 6.10 Å². The van der Waals surface area contributed by atoms with Crippen molar-refractivity contribution in [1.82, 2.24) is 0 Å².